The lowest BCUT2D eigenvalue weighted by Crippen LogP contribution is -2.30. The number of rotatable bonds is 6. The second kappa shape index (κ2) is 7.12. The molecule has 2 aromatic carbocycles. The molecule has 0 radical (unpaired) electrons. The van der Waals surface area contributed by atoms with Gasteiger partial charge in [0, 0.05) is 13.0 Å². The molecule has 0 saturated carbocycles. The standard InChI is InChI=1S/C18H18FN3O2/c1-12-10-13(6-7-14(12)19)24-11-18(23)20-9-8-17-21-15-4-2-3-5-16(15)22-17/h2-7,10H,8-9,11H2,1H3,(H,20,23)(H,21,22). The third-order valence-electron chi connectivity index (χ3n) is 3.62. The molecule has 2 N–H and O–H groups in total. The van der Waals surface area contributed by atoms with Gasteiger partial charge in [0.2, 0.25) is 0 Å². The number of ether oxygens (including phenoxy) is 1. The van der Waals surface area contributed by atoms with E-state index in [1.54, 1.807) is 13.0 Å². The number of benzene rings is 2. The third-order valence-corrected chi connectivity index (χ3v) is 3.62. The van der Waals surface area contributed by atoms with Gasteiger partial charge in [-0.3, -0.25) is 4.79 Å². The zero-order chi connectivity index (χ0) is 16.9. The number of aryl methyl sites for hydroxylation is 1. The minimum atomic E-state index is -0.294. The Morgan fingerprint density at radius 3 is 2.92 bits per heavy atom. The van der Waals surface area contributed by atoms with E-state index in [0.29, 0.717) is 24.3 Å². The quantitative estimate of drug-likeness (QED) is 0.731. The summed E-state index contributed by atoms with van der Waals surface area (Å²) in [7, 11) is 0. The number of carbonyl (C=O) groups excluding carboxylic acids is 1. The van der Waals surface area contributed by atoms with Gasteiger partial charge in [0.05, 0.1) is 11.0 Å². The normalized spacial score (nSPS) is 10.8. The Kier molecular flexibility index (Phi) is 4.74. The maximum Gasteiger partial charge on any atom is 0.257 e. The van der Waals surface area contributed by atoms with E-state index in [1.807, 2.05) is 24.3 Å². The first-order chi connectivity index (χ1) is 11.6. The maximum absolute atomic E-state index is 13.2. The van der Waals surface area contributed by atoms with E-state index in [9.17, 15) is 9.18 Å². The van der Waals surface area contributed by atoms with Gasteiger partial charge in [0.15, 0.2) is 6.61 Å². The minimum Gasteiger partial charge on any atom is -0.484 e. The van der Waals surface area contributed by atoms with E-state index in [4.69, 9.17) is 4.74 Å². The first-order valence-electron chi connectivity index (χ1n) is 7.71. The summed E-state index contributed by atoms with van der Waals surface area (Å²) in [5, 5.41) is 2.77. The number of amides is 1. The summed E-state index contributed by atoms with van der Waals surface area (Å²) in [6, 6.07) is 12.2. The first kappa shape index (κ1) is 16.0. The van der Waals surface area contributed by atoms with Crippen LogP contribution in [0.15, 0.2) is 42.5 Å². The number of imidazole rings is 1. The Hall–Kier alpha value is -2.89. The average molecular weight is 327 g/mol. The maximum atomic E-state index is 13.2. The van der Waals surface area contributed by atoms with Crippen LogP contribution in [0.2, 0.25) is 0 Å². The number of hydrogen-bond donors (Lipinski definition) is 2. The van der Waals surface area contributed by atoms with E-state index >= 15 is 0 Å². The van der Waals surface area contributed by atoms with Crippen LogP contribution in [0, 0.1) is 12.7 Å². The van der Waals surface area contributed by atoms with Crippen molar-refractivity contribution in [2.45, 2.75) is 13.3 Å². The number of nitrogens with zero attached hydrogens (tertiary/aromatic N) is 1. The van der Waals surface area contributed by atoms with E-state index in [0.717, 1.165) is 16.9 Å². The van der Waals surface area contributed by atoms with Gasteiger partial charge in [0.1, 0.15) is 17.4 Å². The number of nitrogens with one attached hydrogen (secondary N) is 2. The molecule has 1 heterocycles. The van der Waals surface area contributed by atoms with Gasteiger partial charge in [-0.1, -0.05) is 12.1 Å². The molecule has 0 saturated heterocycles. The van der Waals surface area contributed by atoms with Crippen LogP contribution in [0.1, 0.15) is 11.4 Å². The molecule has 1 amide bonds. The molecular weight excluding hydrogens is 309 g/mol. The zero-order valence-electron chi connectivity index (χ0n) is 13.3. The number of fused-ring (bicyclic) bond motifs is 1. The summed E-state index contributed by atoms with van der Waals surface area (Å²) in [6.07, 6.45) is 0.607. The Morgan fingerprint density at radius 2 is 2.12 bits per heavy atom. The molecule has 0 aliphatic carbocycles. The van der Waals surface area contributed by atoms with Crippen LogP contribution >= 0.6 is 0 Å². The summed E-state index contributed by atoms with van der Waals surface area (Å²) >= 11 is 0. The van der Waals surface area contributed by atoms with Gasteiger partial charge < -0.3 is 15.0 Å². The summed E-state index contributed by atoms with van der Waals surface area (Å²) < 4.78 is 18.5. The number of carbonyl (C=O) groups is 1. The lowest BCUT2D eigenvalue weighted by Gasteiger charge is -2.08. The summed E-state index contributed by atoms with van der Waals surface area (Å²) in [4.78, 5) is 19.4. The monoisotopic (exact) mass is 327 g/mol. The molecule has 0 aliphatic rings. The summed E-state index contributed by atoms with van der Waals surface area (Å²) in [5.41, 5.74) is 2.38. The molecular formula is C18H18FN3O2. The predicted octanol–water partition coefficient (Wildman–Crippen LogP) is 2.75. The molecule has 3 rings (SSSR count). The Bertz CT molecular complexity index is 827. The number of hydrogen-bond acceptors (Lipinski definition) is 3. The van der Waals surface area contributed by atoms with Crippen LogP contribution in [0.3, 0.4) is 0 Å². The van der Waals surface area contributed by atoms with Crippen molar-refractivity contribution in [3.05, 3.63) is 59.7 Å². The number of aromatic nitrogens is 2. The van der Waals surface area contributed by atoms with Crippen LogP contribution < -0.4 is 10.1 Å². The van der Waals surface area contributed by atoms with E-state index in [-0.39, 0.29) is 18.3 Å². The molecule has 5 nitrogen and oxygen atoms in total. The highest BCUT2D eigenvalue weighted by Crippen LogP contribution is 2.15. The third kappa shape index (κ3) is 3.90. The van der Waals surface area contributed by atoms with Crippen LogP contribution in [0.5, 0.6) is 5.75 Å². The summed E-state index contributed by atoms with van der Waals surface area (Å²) in [5.74, 6) is 0.777. The molecule has 0 bridgehead atoms. The highest BCUT2D eigenvalue weighted by Gasteiger charge is 2.06. The van der Waals surface area contributed by atoms with Crippen LogP contribution in [-0.4, -0.2) is 29.0 Å². The molecule has 3 aromatic rings. The van der Waals surface area contributed by atoms with Crippen molar-refractivity contribution < 1.29 is 13.9 Å². The molecule has 1 aromatic heterocycles. The average Bonchev–Trinajstić information content (AvgIpc) is 2.98. The second-order valence-electron chi connectivity index (χ2n) is 5.50. The Morgan fingerprint density at radius 1 is 1.29 bits per heavy atom. The molecule has 0 aliphatic heterocycles. The number of H-pyrrole nitrogens is 1. The SMILES string of the molecule is Cc1cc(OCC(=O)NCCc2nc3ccccc3[nH]2)ccc1F. The molecule has 0 fully saturated rings. The van der Waals surface area contributed by atoms with Gasteiger partial charge in [0.25, 0.3) is 5.91 Å². The van der Waals surface area contributed by atoms with Crippen LogP contribution in [0.4, 0.5) is 4.39 Å². The fourth-order valence-electron chi connectivity index (χ4n) is 2.35. The predicted molar refractivity (Wildman–Crippen MR) is 89.4 cm³/mol. The lowest BCUT2D eigenvalue weighted by atomic mass is 10.2. The Balaban J connectivity index is 1.44. The van der Waals surface area contributed by atoms with E-state index in [1.165, 1.54) is 12.1 Å². The van der Waals surface area contributed by atoms with Gasteiger partial charge >= 0.3 is 0 Å². The molecule has 24 heavy (non-hydrogen) atoms. The van der Waals surface area contributed by atoms with E-state index in [2.05, 4.69) is 15.3 Å². The number of halogens is 1. The highest BCUT2D eigenvalue weighted by atomic mass is 19.1. The van der Waals surface area contributed by atoms with Crippen molar-refractivity contribution in [1.82, 2.24) is 15.3 Å². The molecule has 124 valence electrons. The Labute approximate surface area is 138 Å². The van der Waals surface area contributed by atoms with Crippen LogP contribution in [0.25, 0.3) is 11.0 Å². The van der Waals surface area contributed by atoms with Crippen molar-refractivity contribution in [2.75, 3.05) is 13.2 Å². The van der Waals surface area contributed by atoms with Crippen molar-refractivity contribution in [1.29, 1.82) is 0 Å². The molecule has 0 spiro atoms. The van der Waals surface area contributed by atoms with Crippen LogP contribution in [-0.2, 0) is 11.2 Å². The lowest BCUT2D eigenvalue weighted by molar-refractivity contribution is -0.123. The largest absolute Gasteiger partial charge is 0.484 e. The topological polar surface area (TPSA) is 67.0 Å². The van der Waals surface area contributed by atoms with Crippen molar-refractivity contribution >= 4 is 16.9 Å². The van der Waals surface area contributed by atoms with Crippen molar-refractivity contribution in [3.63, 3.8) is 0 Å². The van der Waals surface area contributed by atoms with Gasteiger partial charge in [-0.25, -0.2) is 9.37 Å². The van der Waals surface area contributed by atoms with Crippen molar-refractivity contribution in [2.24, 2.45) is 0 Å². The van der Waals surface area contributed by atoms with Gasteiger partial charge in [-0.2, -0.15) is 0 Å². The molecule has 0 unspecified atom stereocenters. The molecule has 0 atom stereocenters. The van der Waals surface area contributed by atoms with Crippen molar-refractivity contribution in [3.8, 4) is 5.75 Å². The second-order valence-corrected chi connectivity index (χ2v) is 5.50. The van der Waals surface area contributed by atoms with E-state index < -0.39 is 0 Å². The minimum absolute atomic E-state index is 0.106. The fraction of sp³-hybridized carbons (Fsp3) is 0.222. The summed E-state index contributed by atoms with van der Waals surface area (Å²) in [6.45, 7) is 2.01. The highest BCUT2D eigenvalue weighted by molar-refractivity contribution is 5.77. The molecule has 6 heteroatoms. The smallest absolute Gasteiger partial charge is 0.257 e. The van der Waals surface area contributed by atoms with Gasteiger partial charge in [-0.15, -0.1) is 0 Å². The fourth-order valence-corrected chi connectivity index (χ4v) is 2.35. The van der Waals surface area contributed by atoms with Gasteiger partial charge in [-0.05, 0) is 42.8 Å². The number of para-hydroxylation sites is 2. The number of aromatic amines is 1. The zero-order valence-corrected chi connectivity index (χ0v) is 13.3. The first-order valence-corrected chi connectivity index (χ1v) is 7.71.